The summed E-state index contributed by atoms with van der Waals surface area (Å²) in [5, 5.41) is 9.44. The monoisotopic (exact) mass is 948 g/mol. The first-order chi connectivity index (χ1) is 36.2. The lowest BCUT2D eigenvalue weighted by Crippen LogP contribution is -2.29. The molecule has 0 saturated carbocycles. The van der Waals surface area contributed by atoms with Crippen molar-refractivity contribution >= 4 is 109 Å². The molecule has 1 aliphatic carbocycles. The maximum absolute atomic E-state index is 7.35. The van der Waals surface area contributed by atoms with Gasteiger partial charge in [0.15, 0.2) is 5.58 Å². The summed E-state index contributed by atoms with van der Waals surface area (Å²) in [5.74, 6) is 0. The molecule has 0 saturated heterocycles. The number of nitrogens with zero attached hydrogens (tertiary/aromatic N) is 2. The Labute approximate surface area is 426 Å². The molecule has 342 valence electrons. The standard InChI is InChI=1S/C69H44N2OS/c1-5-25-49(26-6-1)69(50-27-7-2-8-28-50)57-44-60(71(52-31-11-4-12-32-52)54-40-38-46-22-14-16-24-48(46)42-54)67-64(55-33-17-19-35-61(55)72-67)65(57)66-58(69)43-59(63-56-34-18-20-36-62(56)73-68(63)66)70(51-29-9-3-10-30-51)53-39-37-45-21-13-15-23-47(45)41-53/h1-44H. The molecule has 15 rings (SSSR count). The van der Waals surface area contributed by atoms with Crippen LogP contribution in [0.5, 0.6) is 0 Å². The topological polar surface area (TPSA) is 19.6 Å². The Morgan fingerprint density at radius 1 is 0.342 bits per heavy atom. The quantitative estimate of drug-likeness (QED) is 0.151. The second kappa shape index (κ2) is 16.4. The fourth-order valence-corrected chi connectivity index (χ4v) is 13.4. The van der Waals surface area contributed by atoms with E-state index in [-0.39, 0.29) is 0 Å². The molecule has 0 fully saturated rings. The summed E-state index contributed by atoms with van der Waals surface area (Å²) in [4.78, 5) is 4.92. The molecule has 1 aliphatic rings. The highest BCUT2D eigenvalue weighted by Crippen LogP contribution is 2.65. The fraction of sp³-hybridized carbons (Fsp3) is 0.0145. The van der Waals surface area contributed by atoms with Crippen LogP contribution < -0.4 is 9.80 Å². The number of hydrogen-bond donors (Lipinski definition) is 0. The molecule has 0 spiro atoms. The third-order valence-electron chi connectivity index (χ3n) is 15.2. The number of benzene rings is 12. The summed E-state index contributed by atoms with van der Waals surface area (Å²) >= 11 is 1.90. The average molecular weight is 949 g/mol. The van der Waals surface area contributed by atoms with Crippen molar-refractivity contribution in [3.05, 3.63) is 289 Å². The smallest absolute Gasteiger partial charge is 0.160 e. The molecule has 2 heterocycles. The van der Waals surface area contributed by atoms with Crippen molar-refractivity contribution in [3.8, 4) is 11.1 Å². The van der Waals surface area contributed by atoms with E-state index in [0.29, 0.717) is 0 Å². The van der Waals surface area contributed by atoms with Gasteiger partial charge >= 0.3 is 0 Å². The Bertz CT molecular complexity index is 4410. The van der Waals surface area contributed by atoms with Gasteiger partial charge in [0.2, 0.25) is 0 Å². The zero-order valence-corrected chi connectivity index (χ0v) is 40.4. The second-order valence-electron chi connectivity index (χ2n) is 19.1. The third-order valence-corrected chi connectivity index (χ3v) is 16.4. The van der Waals surface area contributed by atoms with E-state index in [4.69, 9.17) is 4.42 Å². The largest absolute Gasteiger partial charge is 0.454 e. The van der Waals surface area contributed by atoms with Gasteiger partial charge in [-0.2, -0.15) is 0 Å². The number of thiophene rings is 1. The van der Waals surface area contributed by atoms with Gasteiger partial charge in [-0.25, -0.2) is 0 Å². The van der Waals surface area contributed by atoms with Gasteiger partial charge < -0.3 is 14.2 Å². The van der Waals surface area contributed by atoms with E-state index in [1.54, 1.807) is 0 Å². The van der Waals surface area contributed by atoms with Crippen LogP contribution in [-0.4, -0.2) is 0 Å². The maximum atomic E-state index is 7.35. The zero-order chi connectivity index (χ0) is 48.0. The summed E-state index contributed by atoms with van der Waals surface area (Å²) in [7, 11) is 0. The average Bonchev–Trinajstić information content (AvgIpc) is 4.24. The van der Waals surface area contributed by atoms with Crippen LogP contribution in [0, 0.1) is 0 Å². The number of para-hydroxylation sites is 3. The van der Waals surface area contributed by atoms with E-state index >= 15 is 0 Å². The molecule has 0 bridgehead atoms. The van der Waals surface area contributed by atoms with Crippen LogP contribution in [0.25, 0.3) is 74.8 Å². The molecular weight excluding hydrogens is 905 g/mol. The van der Waals surface area contributed by atoms with Crippen molar-refractivity contribution in [1.29, 1.82) is 0 Å². The molecule has 12 aromatic carbocycles. The Morgan fingerprint density at radius 3 is 1.41 bits per heavy atom. The molecule has 2 aromatic heterocycles. The molecule has 14 aromatic rings. The van der Waals surface area contributed by atoms with Crippen LogP contribution in [0.15, 0.2) is 271 Å². The lowest BCUT2D eigenvalue weighted by Gasteiger charge is -2.36. The van der Waals surface area contributed by atoms with Crippen molar-refractivity contribution in [2.45, 2.75) is 5.41 Å². The first kappa shape index (κ1) is 41.6. The highest BCUT2D eigenvalue weighted by atomic mass is 32.1. The number of rotatable bonds is 8. The number of anilines is 6. The lowest BCUT2D eigenvalue weighted by atomic mass is 9.67. The maximum Gasteiger partial charge on any atom is 0.160 e. The van der Waals surface area contributed by atoms with Crippen LogP contribution in [0.2, 0.25) is 0 Å². The van der Waals surface area contributed by atoms with Crippen LogP contribution >= 0.6 is 11.3 Å². The summed E-state index contributed by atoms with van der Waals surface area (Å²) < 4.78 is 9.85. The highest BCUT2D eigenvalue weighted by Gasteiger charge is 2.50. The Morgan fingerprint density at radius 2 is 0.808 bits per heavy atom. The van der Waals surface area contributed by atoms with Gasteiger partial charge in [-0.1, -0.05) is 194 Å². The van der Waals surface area contributed by atoms with Gasteiger partial charge in [-0.3, -0.25) is 0 Å². The summed E-state index contributed by atoms with van der Waals surface area (Å²) in [6.07, 6.45) is 0. The minimum atomic E-state index is -0.800. The molecule has 4 heteroatoms. The molecule has 0 amide bonds. The molecule has 73 heavy (non-hydrogen) atoms. The van der Waals surface area contributed by atoms with E-state index in [9.17, 15) is 0 Å². The molecule has 0 radical (unpaired) electrons. The normalized spacial score (nSPS) is 12.8. The Hall–Kier alpha value is -9.22. The molecule has 0 unspecified atom stereocenters. The molecular formula is C69H44N2OS. The third kappa shape index (κ3) is 6.24. The van der Waals surface area contributed by atoms with Gasteiger partial charge in [0, 0.05) is 64.8 Å². The van der Waals surface area contributed by atoms with Crippen LogP contribution in [0.1, 0.15) is 22.3 Å². The van der Waals surface area contributed by atoms with Crippen molar-refractivity contribution < 1.29 is 4.42 Å². The van der Waals surface area contributed by atoms with Gasteiger partial charge in [0.1, 0.15) is 5.58 Å². The van der Waals surface area contributed by atoms with E-state index in [1.165, 1.54) is 75.1 Å². The second-order valence-corrected chi connectivity index (χ2v) is 20.2. The van der Waals surface area contributed by atoms with Gasteiger partial charge in [0.25, 0.3) is 0 Å². The molecule has 0 N–H and O–H groups in total. The molecule has 0 atom stereocenters. The minimum absolute atomic E-state index is 0.800. The fourth-order valence-electron chi connectivity index (χ4n) is 12.2. The number of furan rings is 1. The summed E-state index contributed by atoms with van der Waals surface area (Å²) in [5.41, 5.74) is 14.6. The highest BCUT2D eigenvalue weighted by molar-refractivity contribution is 7.26. The van der Waals surface area contributed by atoms with E-state index < -0.39 is 5.41 Å². The Kier molecular flexibility index (Phi) is 9.35. The van der Waals surface area contributed by atoms with Gasteiger partial charge in [-0.05, 0) is 117 Å². The van der Waals surface area contributed by atoms with Crippen molar-refractivity contribution in [2.24, 2.45) is 0 Å². The first-order valence-corrected chi connectivity index (χ1v) is 25.8. The van der Waals surface area contributed by atoms with E-state index in [0.717, 1.165) is 56.1 Å². The van der Waals surface area contributed by atoms with Crippen LogP contribution in [0.4, 0.5) is 34.1 Å². The SMILES string of the molecule is c1ccc(N(c2ccc3ccccc3c2)c2cc3c(c4c2oc2ccccc24)-c2c(cc(N(c4ccccc4)c4ccc5ccccc5c4)c4c2sc2ccccc24)C3(c2ccccc2)c2ccccc2)cc1. The lowest BCUT2D eigenvalue weighted by molar-refractivity contribution is 0.668. The van der Waals surface area contributed by atoms with Gasteiger partial charge in [0.05, 0.1) is 16.8 Å². The van der Waals surface area contributed by atoms with Crippen molar-refractivity contribution in [2.75, 3.05) is 9.80 Å². The summed E-state index contributed by atoms with van der Waals surface area (Å²) in [6, 6.07) is 97.9. The predicted octanol–water partition coefficient (Wildman–Crippen LogP) is 19.6. The van der Waals surface area contributed by atoms with Crippen molar-refractivity contribution in [3.63, 3.8) is 0 Å². The zero-order valence-electron chi connectivity index (χ0n) is 39.6. The first-order valence-electron chi connectivity index (χ1n) is 25.0. The molecule has 0 aliphatic heterocycles. The van der Waals surface area contributed by atoms with E-state index in [2.05, 4.69) is 277 Å². The van der Waals surface area contributed by atoms with Crippen molar-refractivity contribution in [1.82, 2.24) is 0 Å². The summed E-state index contributed by atoms with van der Waals surface area (Å²) in [6.45, 7) is 0. The minimum Gasteiger partial charge on any atom is -0.454 e. The van der Waals surface area contributed by atoms with Crippen LogP contribution in [-0.2, 0) is 5.41 Å². The Balaban J connectivity index is 1.15. The number of hydrogen-bond acceptors (Lipinski definition) is 4. The van der Waals surface area contributed by atoms with Gasteiger partial charge in [-0.15, -0.1) is 11.3 Å². The van der Waals surface area contributed by atoms with E-state index in [1.807, 2.05) is 11.3 Å². The molecule has 3 nitrogen and oxygen atoms in total. The predicted molar refractivity (Wildman–Crippen MR) is 308 cm³/mol. The van der Waals surface area contributed by atoms with Crippen LogP contribution in [0.3, 0.4) is 0 Å². The number of fused-ring (bicyclic) bond motifs is 13.